The Hall–Kier alpha value is -3.19. The highest BCUT2D eigenvalue weighted by Crippen LogP contribution is 2.52. The quantitative estimate of drug-likeness (QED) is 0.157. The van der Waals surface area contributed by atoms with E-state index in [1.54, 1.807) is 42.0 Å². The van der Waals surface area contributed by atoms with Gasteiger partial charge in [-0.25, -0.2) is 9.59 Å². The first-order valence-electron chi connectivity index (χ1n) is 17.5. The van der Waals surface area contributed by atoms with Crippen LogP contribution in [0.25, 0.3) is 0 Å². The highest BCUT2D eigenvalue weighted by Gasteiger charge is 2.61. The maximum atomic E-state index is 14.6. The minimum atomic E-state index is -1.28. The first-order chi connectivity index (χ1) is 24.3. The summed E-state index contributed by atoms with van der Waals surface area (Å²) in [5, 5.41) is 43.8. The predicted molar refractivity (Wildman–Crippen MR) is 193 cm³/mol. The average Bonchev–Trinajstić information content (AvgIpc) is 3.82. The smallest absolute Gasteiger partial charge is 0.353 e. The number of aliphatic hydroxyl groups is 2. The number of amides is 4. The first kappa shape index (κ1) is 40.0. The van der Waals surface area contributed by atoms with E-state index in [1.165, 1.54) is 57.0 Å². The van der Waals surface area contributed by atoms with Crippen LogP contribution < -0.4 is 5.32 Å². The summed E-state index contributed by atoms with van der Waals surface area (Å²) in [6, 6.07) is -2.79. The van der Waals surface area contributed by atoms with Gasteiger partial charge in [0, 0.05) is 62.6 Å². The predicted octanol–water partition coefficient (Wildman–Crippen LogP) is -0.608. The molecule has 4 amide bonds. The van der Waals surface area contributed by atoms with Gasteiger partial charge in [0.2, 0.25) is 23.6 Å². The van der Waals surface area contributed by atoms with Gasteiger partial charge in [-0.2, -0.15) is 0 Å². The third kappa shape index (κ3) is 7.08. The van der Waals surface area contributed by atoms with Crippen LogP contribution in [0.3, 0.4) is 0 Å². The highest BCUT2D eigenvalue weighted by molar-refractivity contribution is 8.03. The lowest BCUT2D eigenvalue weighted by Gasteiger charge is -2.46. The molecular weight excluding hydrogens is 717 g/mol. The van der Waals surface area contributed by atoms with Crippen LogP contribution in [0.2, 0.25) is 0 Å². The van der Waals surface area contributed by atoms with Crippen molar-refractivity contribution in [2.24, 2.45) is 28.7 Å². The summed E-state index contributed by atoms with van der Waals surface area (Å²) in [4.78, 5) is 89.0. The summed E-state index contributed by atoms with van der Waals surface area (Å²) < 4.78 is 0. The van der Waals surface area contributed by atoms with E-state index in [-0.39, 0.29) is 41.4 Å². The molecule has 0 aliphatic carbocycles. The van der Waals surface area contributed by atoms with Crippen molar-refractivity contribution in [3.8, 4) is 0 Å². The van der Waals surface area contributed by atoms with E-state index in [2.05, 4.69) is 10.3 Å². The molecule has 13 atom stereocenters. The second-order valence-corrected chi connectivity index (χ2v) is 17.8. The molecule has 3 fully saturated rings. The number of carboxylic acid groups (broad SMARTS) is 2. The van der Waals surface area contributed by atoms with Crippen LogP contribution >= 0.6 is 23.5 Å². The van der Waals surface area contributed by atoms with Gasteiger partial charge in [-0.05, 0) is 32.6 Å². The fourth-order valence-corrected chi connectivity index (χ4v) is 11.5. The fourth-order valence-electron chi connectivity index (χ4n) is 8.41. The lowest BCUT2D eigenvalue weighted by atomic mass is 9.79. The number of likely N-dealkylation sites (tertiary alicyclic amines) is 1. The Labute approximate surface area is 311 Å². The highest BCUT2D eigenvalue weighted by atomic mass is 32.2. The van der Waals surface area contributed by atoms with Crippen molar-refractivity contribution in [3.63, 3.8) is 0 Å². The van der Waals surface area contributed by atoms with E-state index >= 15 is 0 Å². The van der Waals surface area contributed by atoms with Crippen molar-refractivity contribution in [2.45, 2.75) is 92.7 Å². The monoisotopic (exact) mass is 766 g/mol. The molecule has 5 N–H and O–H groups in total. The van der Waals surface area contributed by atoms with E-state index in [4.69, 9.17) is 0 Å². The number of carbonyl (C=O) groups is 6. The van der Waals surface area contributed by atoms with E-state index in [0.29, 0.717) is 17.9 Å². The summed E-state index contributed by atoms with van der Waals surface area (Å²) in [5.41, 5.74) is -0.266. The molecular formula is C34H50N6O10S2. The Kier molecular flexibility index (Phi) is 11.8. The number of aliphatic imine (C=N–C) groups is 1. The average molecular weight is 767 g/mol. The van der Waals surface area contributed by atoms with Gasteiger partial charge in [-0.3, -0.25) is 24.2 Å². The van der Waals surface area contributed by atoms with Crippen LogP contribution in [0.1, 0.15) is 40.5 Å². The van der Waals surface area contributed by atoms with Crippen molar-refractivity contribution in [1.29, 1.82) is 0 Å². The van der Waals surface area contributed by atoms with Gasteiger partial charge in [0.25, 0.3) is 0 Å². The number of β-lactam (4-membered cyclic amide) rings is 1. The second kappa shape index (κ2) is 15.3. The molecule has 0 bridgehead atoms. The third-order valence-electron chi connectivity index (χ3n) is 11.0. The molecule has 5 heterocycles. The molecule has 16 nitrogen and oxygen atoms in total. The van der Waals surface area contributed by atoms with Crippen molar-refractivity contribution < 1.29 is 49.2 Å². The first-order valence-corrected chi connectivity index (χ1v) is 19.4. The lowest BCUT2D eigenvalue weighted by Crippen LogP contribution is -2.63. The molecule has 0 spiro atoms. The Morgan fingerprint density at radius 1 is 0.942 bits per heavy atom. The molecule has 0 aromatic carbocycles. The van der Waals surface area contributed by atoms with Crippen molar-refractivity contribution in [3.05, 3.63) is 10.6 Å². The zero-order valence-electron chi connectivity index (χ0n) is 30.6. The normalized spacial score (nSPS) is 34.4. The molecule has 18 heteroatoms. The largest absolute Gasteiger partial charge is 0.477 e. The van der Waals surface area contributed by atoms with Crippen LogP contribution in [0.15, 0.2) is 15.6 Å². The SMILES string of the molecule is C[C@H]1C(S[C@@H]2CN[C@H](C(=O)N(C)C)C2)C(C(=O)O)=NC1[C@H](C(=O)N1C[C@@H](SC2=C(C(=O)O)N3C(=O)[C@H]([C@@H](C)O)[C@H]3[C@H]2C)C[C@H]1C(=O)N(C)C)[C@@H](C)O. The second-order valence-electron chi connectivity index (χ2n) is 15.0. The summed E-state index contributed by atoms with van der Waals surface area (Å²) >= 11 is 2.60. The van der Waals surface area contributed by atoms with Gasteiger partial charge in [0.15, 0.2) is 0 Å². The fraction of sp³-hybridized carbons (Fsp3) is 0.735. The topological polar surface area (TPSA) is 221 Å². The number of hydrogen-bond donors (Lipinski definition) is 5. The van der Waals surface area contributed by atoms with Gasteiger partial charge >= 0.3 is 11.9 Å². The summed E-state index contributed by atoms with van der Waals surface area (Å²) in [7, 11) is 6.47. The Morgan fingerprint density at radius 3 is 2.12 bits per heavy atom. The Morgan fingerprint density at radius 2 is 1.58 bits per heavy atom. The molecule has 5 rings (SSSR count). The van der Waals surface area contributed by atoms with Crippen molar-refractivity contribution in [1.82, 2.24) is 24.9 Å². The molecule has 52 heavy (non-hydrogen) atoms. The maximum Gasteiger partial charge on any atom is 0.353 e. The molecule has 5 aliphatic heterocycles. The number of thioether (sulfide) groups is 2. The number of aliphatic carboxylic acids is 2. The third-order valence-corrected chi connectivity index (χ3v) is 14.2. The van der Waals surface area contributed by atoms with Crippen LogP contribution in [0.5, 0.6) is 0 Å². The lowest BCUT2D eigenvalue weighted by molar-refractivity contribution is -0.163. The zero-order chi connectivity index (χ0) is 38.7. The minimum Gasteiger partial charge on any atom is -0.477 e. The molecule has 288 valence electrons. The summed E-state index contributed by atoms with van der Waals surface area (Å²) in [6.07, 6.45) is -1.56. The number of nitrogens with one attached hydrogen (secondary N) is 1. The number of aliphatic hydroxyl groups excluding tert-OH is 2. The summed E-state index contributed by atoms with van der Waals surface area (Å²) in [6.45, 7) is 7.06. The van der Waals surface area contributed by atoms with Gasteiger partial charge < -0.3 is 45.3 Å². The number of fused-ring (bicyclic) bond motifs is 1. The van der Waals surface area contributed by atoms with Gasteiger partial charge in [-0.15, -0.1) is 23.5 Å². The number of likely N-dealkylation sites (N-methyl/N-ethyl adjacent to an activating group) is 2. The van der Waals surface area contributed by atoms with Gasteiger partial charge in [-0.1, -0.05) is 13.8 Å². The molecule has 5 aliphatic rings. The van der Waals surface area contributed by atoms with E-state index in [1.807, 2.05) is 0 Å². The molecule has 0 saturated carbocycles. The van der Waals surface area contributed by atoms with E-state index in [9.17, 15) is 49.2 Å². The van der Waals surface area contributed by atoms with Gasteiger partial charge in [0.1, 0.15) is 17.5 Å². The molecule has 3 saturated heterocycles. The number of rotatable bonds is 12. The van der Waals surface area contributed by atoms with E-state index < -0.39 is 94.3 Å². The van der Waals surface area contributed by atoms with Crippen LogP contribution in [0.4, 0.5) is 0 Å². The molecule has 0 radical (unpaired) electrons. The Balaban J connectivity index is 1.39. The summed E-state index contributed by atoms with van der Waals surface area (Å²) in [5.74, 6) is -6.80. The Bertz CT molecular complexity index is 1570. The molecule has 2 unspecified atom stereocenters. The van der Waals surface area contributed by atoms with Crippen LogP contribution in [-0.4, -0.2) is 175 Å². The van der Waals surface area contributed by atoms with Crippen molar-refractivity contribution in [2.75, 3.05) is 41.3 Å². The number of hydrogen-bond acceptors (Lipinski definition) is 12. The van der Waals surface area contributed by atoms with Crippen molar-refractivity contribution >= 4 is 64.8 Å². The minimum absolute atomic E-state index is 0.0301. The van der Waals surface area contributed by atoms with Crippen LogP contribution in [-0.2, 0) is 28.8 Å². The zero-order valence-corrected chi connectivity index (χ0v) is 32.3. The maximum absolute atomic E-state index is 14.6. The van der Waals surface area contributed by atoms with Gasteiger partial charge in [0.05, 0.1) is 47.4 Å². The number of nitrogens with zero attached hydrogens (tertiary/aromatic N) is 5. The van der Waals surface area contributed by atoms with Crippen LogP contribution in [0, 0.1) is 23.7 Å². The standard InChI is InChI=1S/C34H50N6O10S2/c1-13-23(36-24(33(47)48)27(13)51-17-9-19(35-11-17)29(43)37(5)6)21(15(3)41)31(45)39-12-18(10-20(39)30(44)38(7)8)52-28-14(2)25-22(16(4)42)32(46)40(25)26(28)34(49)50/h13-23,25,27,35,41-42H,9-12H2,1-8H3,(H,47,48)(H,49,50)/t13-,14-,15-,16-,17+,18+,19+,20+,21-,22-,23?,25-,27?/m1/s1. The molecule has 0 aromatic rings. The van der Waals surface area contributed by atoms with E-state index in [0.717, 1.165) is 0 Å². The molecule has 0 aromatic heterocycles. The number of carboxylic acids is 2. The number of carbonyl (C=O) groups excluding carboxylic acids is 4.